The average molecular weight is 252 g/mol. The molecule has 2 N–H and O–H groups in total. The van der Waals surface area contributed by atoms with E-state index in [1.807, 2.05) is 6.92 Å². The molecule has 1 saturated heterocycles. The van der Waals surface area contributed by atoms with Crippen molar-refractivity contribution in [3.8, 4) is 5.75 Å². The molecule has 0 radical (unpaired) electrons. The SMILES string of the molecule is CC(NC1CCCN(C)C1)c1cc(F)ccc1O. The van der Waals surface area contributed by atoms with Crippen LogP contribution in [0.5, 0.6) is 5.75 Å². The van der Waals surface area contributed by atoms with Crippen LogP contribution in [0.2, 0.25) is 0 Å². The zero-order valence-corrected chi connectivity index (χ0v) is 11.0. The number of nitrogens with zero attached hydrogens (tertiary/aromatic N) is 1. The van der Waals surface area contributed by atoms with Crippen LogP contribution in [0.1, 0.15) is 31.4 Å². The first-order valence-electron chi connectivity index (χ1n) is 6.49. The van der Waals surface area contributed by atoms with Crippen LogP contribution in [-0.2, 0) is 0 Å². The Bertz CT molecular complexity index is 411. The molecule has 1 fully saturated rings. The van der Waals surface area contributed by atoms with E-state index in [0.29, 0.717) is 11.6 Å². The van der Waals surface area contributed by atoms with E-state index in [2.05, 4.69) is 17.3 Å². The Morgan fingerprint density at radius 2 is 2.28 bits per heavy atom. The molecule has 1 aromatic rings. The number of aromatic hydroxyl groups is 1. The lowest BCUT2D eigenvalue weighted by molar-refractivity contribution is 0.218. The second-order valence-corrected chi connectivity index (χ2v) is 5.19. The largest absolute Gasteiger partial charge is 0.508 e. The molecule has 0 aliphatic carbocycles. The number of hydrogen-bond donors (Lipinski definition) is 2. The molecule has 100 valence electrons. The van der Waals surface area contributed by atoms with Crippen LogP contribution in [0.15, 0.2) is 18.2 Å². The van der Waals surface area contributed by atoms with Gasteiger partial charge in [0, 0.05) is 24.2 Å². The molecule has 1 aliphatic rings. The molecule has 0 spiro atoms. The topological polar surface area (TPSA) is 35.5 Å². The lowest BCUT2D eigenvalue weighted by Crippen LogP contribution is -2.44. The van der Waals surface area contributed by atoms with Gasteiger partial charge in [0.1, 0.15) is 11.6 Å². The number of rotatable bonds is 3. The van der Waals surface area contributed by atoms with Crippen LogP contribution in [0, 0.1) is 5.82 Å². The first-order chi connectivity index (χ1) is 8.56. The Kier molecular flexibility index (Phi) is 4.19. The quantitative estimate of drug-likeness (QED) is 0.866. The number of nitrogens with one attached hydrogen (secondary N) is 1. The van der Waals surface area contributed by atoms with Crippen LogP contribution in [-0.4, -0.2) is 36.2 Å². The van der Waals surface area contributed by atoms with E-state index < -0.39 is 0 Å². The van der Waals surface area contributed by atoms with Crippen LogP contribution in [0.4, 0.5) is 4.39 Å². The minimum atomic E-state index is -0.308. The third-order valence-electron chi connectivity index (χ3n) is 3.57. The van der Waals surface area contributed by atoms with Crippen molar-refractivity contribution in [3.63, 3.8) is 0 Å². The minimum absolute atomic E-state index is 0.0443. The summed E-state index contributed by atoms with van der Waals surface area (Å²) in [6, 6.07) is 4.45. The van der Waals surface area contributed by atoms with Gasteiger partial charge in [-0.05, 0) is 51.6 Å². The summed E-state index contributed by atoms with van der Waals surface area (Å²) in [6.07, 6.45) is 2.31. The molecule has 2 rings (SSSR count). The normalized spacial score (nSPS) is 22.9. The second-order valence-electron chi connectivity index (χ2n) is 5.19. The molecule has 2 unspecified atom stereocenters. The highest BCUT2D eigenvalue weighted by atomic mass is 19.1. The Hall–Kier alpha value is -1.13. The maximum atomic E-state index is 13.2. The van der Waals surface area contributed by atoms with Gasteiger partial charge in [0.15, 0.2) is 0 Å². The van der Waals surface area contributed by atoms with Gasteiger partial charge in [-0.25, -0.2) is 4.39 Å². The standard InChI is InChI=1S/C14H21FN2O/c1-10(13-8-11(15)5-6-14(13)18)16-12-4-3-7-17(2)9-12/h5-6,8,10,12,16,18H,3-4,7,9H2,1-2H3. The fraction of sp³-hybridized carbons (Fsp3) is 0.571. The molecule has 1 aromatic carbocycles. The number of likely N-dealkylation sites (N-methyl/N-ethyl adjacent to an activating group) is 1. The zero-order chi connectivity index (χ0) is 13.1. The van der Waals surface area contributed by atoms with Crippen molar-refractivity contribution in [1.82, 2.24) is 10.2 Å². The summed E-state index contributed by atoms with van der Waals surface area (Å²) in [5.41, 5.74) is 0.628. The monoisotopic (exact) mass is 252 g/mol. The molecule has 0 amide bonds. The first kappa shape index (κ1) is 13.3. The summed E-state index contributed by atoms with van der Waals surface area (Å²) >= 11 is 0. The molecule has 1 heterocycles. The fourth-order valence-electron chi connectivity index (χ4n) is 2.62. The van der Waals surface area contributed by atoms with Crippen molar-refractivity contribution in [2.24, 2.45) is 0 Å². The van der Waals surface area contributed by atoms with Crippen molar-refractivity contribution in [2.45, 2.75) is 31.8 Å². The number of benzene rings is 1. The van der Waals surface area contributed by atoms with Gasteiger partial charge in [0.2, 0.25) is 0 Å². The predicted molar refractivity (Wildman–Crippen MR) is 70.1 cm³/mol. The fourth-order valence-corrected chi connectivity index (χ4v) is 2.62. The third-order valence-corrected chi connectivity index (χ3v) is 3.57. The van der Waals surface area contributed by atoms with E-state index in [1.54, 1.807) is 0 Å². The Morgan fingerprint density at radius 3 is 3.00 bits per heavy atom. The molecule has 1 aliphatic heterocycles. The minimum Gasteiger partial charge on any atom is -0.508 e. The van der Waals surface area contributed by atoms with Crippen molar-refractivity contribution >= 4 is 0 Å². The number of phenolic OH excluding ortho intramolecular Hbond substituents is 1. The summed E-state index contributed by atoms with van der Waals surface area (Å²) in [4.78, 5) is 2.29. The van der Waals surface area contributed by atoms with E-state index in [1.165, 1.54) is 24.6 Å². The number of halogens is 1. The summed E-state index contributed by atoms with van der Waals surface area (Å²) < 4.78 is 13.2. The smallest absolute Gasteiger partial charge is 0.123 e. The van der Waals surface area contributed by atoms with Crippen molar-refractivity contribution in [3.05, 3.63) is 29.6 Å². The molecule has 18 heavy (non-hydrogen) atoms. The van der Waals surface area contributed by atoms with Gasteiger partial charge in [-0.1, -0.05) is 0 Å². The highest BCUT2D eigenvalue weighted by Crippen LogP contribution is 2.25. The van der Waals surface area contributed by atoms with Gasteiger partial charge in [0.25, 0.3) is 0 Å². The van der Waals surface area contributed by atoms with Crippen molar-refractivity contribution < 1.29 is 9.50 Å². The highest BCUT2D eigenvalue weighted by Gasteiger charge is 2.20. The summed E-state index contributed by atoms with van der Waals surface area (Å²) in [7, 11) is 2.11. The number of hydrogen-bond acceptors (Lipinski definition) is 3. The maximum absolute atomic E-state index is 13.2. The van der Waals surface area contributed by atoms with E-state index in [-0.39, 0.29) is 17.6 Å². The van der Waals surface area contributed by atoms with Gasteiger partial charge in [0.05, 0.1) is 0 Å². The maximum Gasteiger partial charge on any atom is 0.123 e. The average Bonchev–Trinajstić information content (AvgIpc) is 2.32. The molecular formula is C14H21FN2O. The first-order valence-corrected chi connectivity index (χ1v) is 6.49. The van der Waals surface area contributed by atoms with E-state index in [0.717, 1.165) is 19.5 Å². The second kappa shape index (κ2) is 5.67. The van der Waals surface area contributed by atoms with Crippen LogP contribution in [0.3, 0.4) is 0 Å². The van der Waals surface area contributed by atoms with Crippen LogP contribution in [0.25, 0.3) is 0 Å². The van der Waals surface area contributed by atoms with Gasteiger partial charge in [-0.3, -0.25) is 0 Å². The molecule has 0 bridgehead atoms. The molecule has 4 heteroatoms. The van der Waals surface area contributed by atoms with E-state index in [4.69, 9.17) is 0 Å². The van der Waals surface area contributed by atoms with Crippen LogP contribution < -0.4 is 5.32 Å². The Labute approximate surface area is 108 Å². The van der Waals surface area contributed by atoms with Gasteiger partial charge in [-0.15, -0.1) is 0 Å². The van der Waals surface area contributed by atoms with Gasteiger partial charge < -0.3 is 15.3 Å². The number of piperidine rings is 1. The molecular weight excluding hydrogens is 231 g/mol. The molecule has 0 aromatic heterocycles. The third kappa shape index (κ3) is 3.21. The molecule has 0 saturated carbocycles. The van der Waals surface area contributed by atoms with Crippen molar-refractivity contribution in [2.75, 3.05) is 20.1 Å². The number of likely N-dealkylation sites (tertiary alicyclic amines) is 1. The van der Waals surface area contributed by atoms with E-state index in [9.17, 15) is 9.50 Å². The Balaban J connectivity index is 2.02. The summed E-state index contributed by atoms with van der Waals surface area (Å²) in [5.74, 6) is -0.155. The lowest BCUT2D eigenvalue weighted by atomic mass is 10.0. The predicted octanol–water partition coefficient (Wildman–Crippen LogP) is 2.28. The zero-order valence-electron chi connectivity index (χ0n) is 11.0. The summed E-state index contributed by atoms with van der Waals surface area (Å²) in [5, 5.41) is 13.2. The van der Waals surface area contributed by atoms with E-state index >= 15 is 0 Å². The number of phenols is 1. The highest BCUT2D eigenvalue weighted by molar-refractivity contribution is 5.34. The Morgan fingerprint density at radius 1 is 1.50 bits per heavy atom. The van der Waals surface area contributed by atoms with Crippen molar-refractivity contribution in [1.29, 1.82) is 0 Å². The summed E-state index contributed by atoms with van der Waals surface area (Å²) in [6.45, 7) is 4.10. The van der Waals surface area contributed by atoms with Gasteiger partial charge >= 0.3 is 0 Å². The van der Waals surface area contributed by atoms with Gasteiger partial charge in [-0.2, -0.15) is 0 Å². The lowest BCUT2D eigenvalue weighted by Gasteiger charge is -2.32. The molecule has 2 atom stereocenters. The molecule has 3 nitrogen and oxygen atoms in total. The van der Waals surface area contributed by atoms with Crippen LogP contribution >= 0.6 is 0 Å².